The smallest absolute Gasteiger partial charge is 0.164 e. The molecule has 1 saturated carbocycles. The number of rotatable bonds is 3. The number of Topliss-reactive ketones (excluding diaryl/α,β-unsaturated/α-hetero) is 1. The van der Waals surface area contributed by atoms with Crippen molar-refractivity contribution in [2.45, 2.75) is 44.0 Å². The summed E-state index contributed by atoms with van der Waals surface area (Å²) in [4.78, 5) is 11.5. The quantitative estimate of drug-likeness (QED) is 0.773. The van der Waals surface area contributed by atoms with Crippen molar-refractivity contribution in [2.75, 3.05) is 6.26 Å². The van der Waals surface area contributed by atoms with Crippen LogP contribution in [0.25, 0.3) is 0 Å². The maximum Gasteiger partial charge on any atom is 0.164 e. The van der Waals surface area contributed by atoms with Gasteiger partial charge in [-0.25, -0.2) is 8.42 Å². The fourth-order valence-corrected chi connectivity index (χ4v) is 3.31. The number of aliphatic hydroxyl groups is 1. The van der Waals surface area contributed by atoms with E-state index in [1.165, 1.54) is 13.2 Å². The van der Waals surface area contributed by atoms with Crippen LogP contribution in [0.15, 0.2) is 0 Å². The highest BCUT2D eigenvalue weighted by atomic mass is 32.2. The maximum absolute atomic E-state index is 11.5. The molecule has 0 aliphatic heterocycles. The lowest BCUT2D eigenvalue weighted by Crippen LogP contribution is -2.34. The lowest BCUT2D eigenvalue weighted by molar-refractivity contribution is -0.131. The first-order valence-corrected chi connectivity index (χ1v) is 7.18. The van der Waals surface area contributed by atoms with Crippen molar-refractivity contribution < 1.29 is 18.3 Å². The Labute approximate surface area is 90.6 Å². The molecule has 3 unspecified atom stereocenters. The summed E-state index contributed by atoms with van der Waals surface area (Å²) in [5.41, 5.74) is 0. The van der Waals surface area contributed by atoms with Gasteiger partial charge in [-0.05, 0) is 26.2 Å². The van der Waals surface area contributed by atoms with Gasteiger partial charge in [0.15, 0.2) is 5.78 Å². The second kappa shape index (κ2) is 4.61. The number of ketones is 1. The third-order valence-corrected chi connectivity index (χ3v) is 4.68. The van der Waals surface area contributed by atoms with Gasteiger partial charge in [0.05, 0.1) is 5.25 Å². The molecule has 88 valence electrons. The van der Waals surface area contributed by atoms with Gasteiger partial charge in [0.25, 0.3) is 0 Å². The summed E-state index contributed by atoms with van der Waals surface area (Å²) in [5, 5.41) is 8.76. The van der Waals surface area contributed by atoms with Crippen LogP contribution in [0.4, 0.5) is 0 Å². The van der Waals surface area contributed by atoms with Crippen molar-refractivity contribution in [3.8, 4) is 0 Å². The third kappa shape index (κ3) is 3.28. The number of hydrogen-bond acceptors (Lipinski definition) is 4. The van der Waals surface area contributed by atoms with Crippen LogP contribution in [0.2, 0.25) is 0 Å². The van der Waals surface area contributed by atoms with Crippen LogP contribution in [-0.4, -0.2) is 36.9 Å². The molecule has 1 aliphatic rings. The number of carbonyl (C=O) groups is 1. The molecular formula is C10H18O4S. The maximum atomic E-state index is 11.5. The van der Waals surface area contributed by atoms with E-state index in [1.807, 2.05) is 0 Å². The Hall–Kier alpha value is -0.420. The average molecular weight is 234 g/mol. The predicted molar refractivity (Wildman–Crippen MR) is 57.3 cm³/mol. The summed E-state index contributed by atoms with van der Waals surface area (Å²) in [5.74, 6) is -0.498. The molecule has 4 nitrogen and oxygen atoms in total. The summed E-state index contributed by atoms with van der Waals surface area (Å²) in [6.07, 6.45) is 2.71. The van der Waals surface area contributed by atoms with Gasteiger partial charge < -0.3 is 5.11 Å². The molecule has 0 aromatic heterocycles. The van der Waals surface area contributed by atoms with Crippen LogP contribution in [0.1, 0.15) is 32.6 Å². The molecule has 0 aromatic rings. The van der Waals surface area contributed by atoms with E-state index in [4.69, 9.17) is 5.11 Å². The van der Waals surface area contributed by atoms with Gasteiger partial charge in [-0.2, -0.15) is 0 Å². The molecule has 0 saturated heterocycles. The first-order chi connectivity index (χ1) is 6.82. The molecule has 0 heterocycles. The number of sulfone groups is 1. The zero-order valence-corrected chi connectivity index (χ0v) is 9.96. The van der Waals surface area contributed by atoms with Gasteiger partial charge in [0.1, 0.15) is 15.9 Å². The van der Waals surface area contributed by atoms with Gasteiger partial charge in [-0.3, -0.25) is 4.79 Å². The largest absolute Gasteiger partial charge is 0.386 e. The minimum absolute atomic E-state index is 0.219. The second-order valence-corrected chi connectivity index (χ2v) is 6.72. The van der Waals surface area contributed by atoms with Crippen molar-refractivity contribution in [3.05, 3.63) is 0 Å². The average Bonchev–Trinajstić information content (AvgIpc) is 2.15. The van der Waals surface area contributed by atoms with Crippen molar-refractivity contribution in [1.29, 1.82) is 0 Å². The molecule has 0 bridgehead atoms. The summed E-state index contributed by atoms with van der Waals surface area (Å²) in [7, 11) is -3.05. The first kappa shape index (κ1) is 12.6. The van der Waals surface area contributed by atoms with Crippen molar-refractivity contribution in [2.24, 2.45) is 5.92 Å². The Bertz CT molecular complexity index is 331. The van der Waals surface area contributed by atoms with E-state index in [2.05, 4.69) is 0 Å². The molecule has 5 heteroatoms. The summed E-state index contributed by atoms with van der Waals surface area (Å²) in [6, 6.07) is 0. The van der Waals surface area contributed by atoms with Crippen molar-refractivity contribution in [3.63, 3.8) is 0 Å². The fraction of sp³-hybridized carbons (Fsp3) is 0.900. The fourth-order valence-electron chi connectivity index (χ4n) is 2.13. The molecular weight excluding hydrogens is 216 g/mol. The highest BCUT2D eigenvalue weighted by molar-refractivity contribution is 7.91. The van der Waals surface area contributed by atoms with Crippen molar-refractivity contribution >= 4 is 15.6 Å². The van der Waals surface area contributed by atoms with Crippen LogP contribution >= 0.6 is 0 Å². The Morgan fingerprint density at radius 2 is 2.00 bits per heavy atom. The van der Waals surface area contributed by atoms with Gasteiger partial charge >= 0.3 is 0 Å². The zero-order chi connectivity index (χ0) is 11.6. The van der Waals surface area contributed by atoms with Crippen LogP contribution in [0, 0.1) is 5.92 Å². The topological polar surface area (TPSA) is 71.4 Å². The van der Waals surface area contributed by atoms with E-state index in [9.17, 15) is 13.2 Å². The molecule has 3 atom stereocenters. The predicted octanol–water partition coefficient (Wildman–Crippen LogP) is 0.540. The molecule has 0 aromatic carbocycles. The molecule has 15 heavy (non-hydrogen) atoms. The lowest BCUT2D eigenvalue weighted by atomic mass is 9.84. The van der Waals surface area contributed by atoms with Crippen molar-refractivity contribution in [1.82, 2.24) is 0 Å². The van der Waals surface area contributed by atoms with Gasteiger partial charge in [-0.15, -0.1) is 0 Å². The Kier molecular flexibility index (Phi) is 3.89. The summed E-state index contributed by atoms with van der Waals surface area (Å²) >= 11 is 0. The minimum Gasteiger partial charge on any atom is -0.386 e. The van der Waals surface area contributed by atoms with Gasteiger partial charge in [0, 0.05) is 12.2 Å². The van der Waals surface area contributed by atoms with Crippen LogP contribution in [0.5, 0.6) is 0 Å². The SMILES string of the molecule is CC(O)C(=O)C1CCCC(S(C)(=O)=O)C1. The standard InChI is InChI=1S/C10H18O4S/c1-7(11)10(12)8-4-3-5-9(6-8)15(2,13)14/h7-9,11H,3-6H2,1-2H3. The van der Waals surface area contributed by atoms with Crippen LogP contribution in [-0.2, 0) is 14.6 Å². The third-order valence-electron chi connectivity index (χ3n) is 3.05. The van der Waals surface area contributed by atoms with E-state index in [1.54, 1.807) is 0 Å². The Morgan fingerprint density at radius 1 is 1.40 bits per heavy atom. The van der Waals surface area contributed by atoms with Gasteiger partial charge in [-0.1, -0.05) is 6.42 Å². The number of carbonyl (C=O) groups excluding carboxylic acids is 1. The minimum atomic E-state index is -3.05. The zero-order valence-electron chi connectivity index (χ0n) is 9.14. The molecule has 1 N–H and O–H groups in total. The highest BCUT2D eigenvalue weighted by Gasteiger charge is 2.33. The molecule has 1 aliphatic carbocycles. The number of hydrogen-bond donors (Lipinski definition) is 1. The van der Waals surface area contributed by atoms with Crippen LogP contribution in [0.3, 0.4) is 0 Å². The second-order valence-electron chi connectivity index (χ2n) is 4.39. The molecule has 0 amide bonds. The molecule has 1 rings (SSSR count). The van der Waals surface area contributed by atoms with E-state index in [-0.39, 0.29) is 11.7 Å². The van der Waals surface area contributed by atoms with E-state index in [0.29, 0.717) is 19.3 Å². The van der Waals surface area contributed by atoms with Crippen LogP contribution < -0.4 is 0 Å². The Balaban J connectivity index is 2.69. The Morgan fingerprint density at radius 3 is 2.47 bits per heavy atom. The lowest BCUT2D eigenvalue weighted by Gasteiger charge is -2.27. The normalized spacial score (nSPS) is 29.8. The van der Waals surface area contributed by atoms with Gasteiger partial charge in [0.2, 0.25) is 0 Å². The first-order valence-electron chi connectivity index (χ1n) is 5.23. The van der Waals surface area contributed by atoms with E-state index in [0.717, 1.165) is 6.42 Å². The summed E-state index contributed by atoms with van der Waals surface area (Å²) < 4.78 is 22.7. The number of aliphatic hydroxyl groups excluding tert-OH is 1. The van der Waals surface area contributed by atoms with E-state index >= 15 is 0 Å². The monoisotopic (exact) mass is 234 g/mol. The highest BCUT2D eigenvalue weighted by Crippen LogP contribution is 2.29. The molecule has 0 spiro atoms. The summed E-state index contributed by atoms with van der Waals surface area (Å²) in [6.45, 7) is 1.44. The molecule has 1 fully saturated rings. The molecule has 0 radical (unpaired) electrons. The van der Waals surface area contributed by atoms with E-state index < -0.39 is 21.2 Å².